The number of fused-ring (bicyclic) bond motifs is 1. The number of aromatic hydroxyl groups is 1. The van der Waals surface area contributed by atoms with Crippen molar-refractivity contribution in [2.24, 2.45) is 5.73 Å². The van der Waals surface area contributed by atoms with Crippen LogP contribution in [0, 0.1) is 0 Å². The topological polar surface area (TPSA) is 215 Å². The number of nitrogens with zero attached hydrogens (tertiary/aromatic N) is 1. The van der Waals surface area contributed by atoms with Gasteiger partial charge in [0.1, 0.15) is 23.9 Å². The Balaban J connectivity index is 1.42. The van der Waals surface area contributed by atoms with E-state index in [2.05, 4.69) is 30.9 Å². The SMILES string of the molecule is CC(NC(=O)C(Cc1ccc(O)cc1)NC(=O)C(N)Cc1cnc[nH]1)C(=O)NC(Cc1c[nH]c2ccccc12)C(=O)O. The van der Waals surface area contributed by atoms with Gasteiger partial charge in [-0.1, -0.05) is 30.3 Å². The largest absolute Gasteiger partial charge is 0.508 e. The van der Waals surface area contributed by atoms with Crippen molar-refractivity contribution in [3.8, 4) is 5.75 Å². The van der Waals surface area contributed by atoms with Gasteiger partial charge in [0.2, 0.25) is 17.7 Å². The first-order chi connectivity index (χ1) is 20.1. The molecule has 0 aliphatic heterocycles. The number of aliphatic carboxylic acids is 1. The molecule has 0 fully saturated rings. The second kappa shape index (κ2) is 13.5. The number of benzene rings is 2. The van der Waals surface area contributed by atoms with Crippen LogP contribution < -0.4 is 21.7 Å². The Labute approximate surface area is 240 Å². The van der Waals surface area contributed by atoms with Crippen molar-refractivity contribution < 1.29 is 29.4 Å². The molecule has 0 saturated carbocycles. The molecule has 0 saturated heterocycles. The number of aromatic amines is 2. The van der Waals surface area contributed by atoms with Crippen LogP contribution in [0.1, 0.15) is 23.7 Å². The lowest BCUT2D eigenvalue weighted by Gasteiger charge is -2.23. The van der Waals surface area contributed by atoms with Gasteiger partial charge in [0.15, 0.2) is 0 Å². The predicted molar refractivity (Wildman–Crippen MR) is 153 cm³/mol. The molecule has 4 unspecified atom stereocenters. The van der Waals surface area contributed by atoms with Crippen molar-refractivity contribution >= 4 is 34.6 Å². The molecule has 13 heteroatoms. The third-order valence-electron chi connectivity index (χ3n) is 6.81. The molecule has 9 N–H and O–H groups in total. The van der Waals surface area contributed by atoms with Crippen LogP contribution >= 0.6 is 0 Å². The highest BCUT2D eigenvalue weighted by Gasteiger charge is 2.29. The van der Waals surface area contributed by atoms with Gasteiger partial charge in [-0.3, -0.25) is 14.4 Å². The highest BCUT2D eigenvalue weighted by Crippen LogP contribution is 2.19. The number of phenolic OH excluding ortho intramolecular Hbond substituents is 1. The Kier molecular flexibility index (Phi) is 9.55. The van der Waals surface area contributed by atoms with E-state index in [9.17, 15) is 29.4 Å². The quantitative estimate of drug-likeness (QED) is 0.112. The average Bonchev–Trinajstić information content (AvgIpc) is 3.63. The third kappa shape index (κ3) is 7.73. The number of hydrogen-bond donors (Lipinski definition) is 8. The van der Waals surface area contributed by atoms with E-state index in [0.29, 0.717) is 11.3 Å². The standard InChI is InChI=1S/C29H33N7O6/c1-16(26(38)36-25(29(41)42)11-18-13-32-23-5-3-2-4-21(18)23)34-28(40)24(10-17-6-8-20(37)9-7-17)35-27(39)22(30)12-19-14-31-15-33-19/h2-9,13-16,22,24-25,32,37H,10-12,30H2,1H3,(H,31,33)(H,34,40)(H,35,39)(H,36,38)(H,41,42). The molecular weight excluding hydrogens is 542 g/mol. The van der Waals surface area contributed by atoms with Crippen LogP contribution in [0.5, 0.6) is 5.75 Å². The molecule has 220 valence electrons. The number of rotatable bonds is 13. The first kappa shape index (κ1) is 29.8. The van der Waals surface area contributed by atoms with Gasteiger partial charge >= 0.3 is 5.97 Å². The van der Waals surface area contributed by atoms with E-state index in [1.54, 1.807) is 18.3 Å². The van der Waals surface area contributed by atoms with Gasteiger partial charge in [-0.05, 0) is 36.2 Å². The summed E-state index contributed by atoms with van der Waals surface area (Å²) in [7, 11) is 0. The zero-order chi connectivity index (χ0) is 30.2. The maximum atomic E-state index is 13.3. The van der Waals surface area contributed by atoms with Gasteiger partial charge in [-0.15, -0.1) is 0 Å². The minimum absolute atomic E-state index is 0.0273. The molecule has 0 aliphatic rings. The Bertz CT molecular complexity index is 1530. The van der Waals surface area contributed by atoms with Crippen LogP contribution in [-0.2, 0) is 38.4 Å². The Morgan fingerprint density at radius 2 is 1.60 bits per heavy atom. The fourth-order valence-corrected chi connectivity index (χ4v) is 4.48. The molecule has 2 heterocycles. The molecule has 0 spiro atoms. The Morgan fingerprint density at radius 1 is 0.881 bits per heavy atom. The summed E-state index contributed by atoms with van der Waals surface area (Å²) >= 11 is 0. The van der Waals surface area contributed by atoms with E-state index in [1.807, 2.05) is 24.3 Å². The van der Waals surface area contributed by atoms with Crippen molar-refractivity contribution in [1.82, 2.24) is 30.9 Å². The van der Waals surface area contributed by atoms with Crippen LogP contribution in [0.2, 0.25) is 0 Å². The van der Waals surface area contributed by atoms with Crippen LogP contribution in [-0.4, -0.2) is 73.0 Å². The molecule has 42 heavy (non-hydrogen) atoms. The van der Waals surface area contributed by atoms with E-state index >= 15 is 0 Å². The first-order valence-electron chi connectivity index (χ1n) is 13.3. The molecule has 3 amide bonds. The zero-order valence-electron chi connectivity index (χ0n) is 22.8. The van der Waals surface area contributed by atoms with Gasteiger partial charge in [0.05, 0.1) is 12.4 Å². The fraction of sp³-hybridized carbons (Fsp3) is 0.276. The zero-order valence-corrected chi connectivity index (χ0v) is 22.8. The molecular formula is C29H33N7O6. The van der Waals surface area contributed by atoms with E-state index < -0.39 is 47.9 Å². The van der Waals surface area contributed by atoms with E-state index in [-0.39, 0.29) is 25.0 Å². The lowest BCUT2D eigenvalue weighted by molar-refractivity contribution is -0.142. The molecule has 0 aliphatic carbocycles. The normalized spacial score (nSPS) is 14.0. The highest BCUT2D eigenvalue weighted by atomic mass is 16.4. The number of carboxylic acid groups (broad SMARTS) is 1. The lowest BCUT2D eigenvalue weighted by Crippen LogP contribution is -2.57. The van der Waals surface area contributed by atoms with E-state index in [4.69, 9.17) is 5.73 Å². The number of aromatic nitrogens is 3. The monoisotopic (exact) mass is 575 g/mol. The molecule has 13 nitrogen and oxygen atoms in total. The number of phenols is 1. The molecule has 2 aromatic heterocycles. The van der Waals surface area contributed by atoms with E-state index in [0.717, 1.165) is 16.5 Å². The summed E-state index contributed by atoms with van der Waals surface area (Å²) < 4.78 is 0. The first-order valence-corrected chi connectivity index (χ1v) is 13.3. The second-order valence-corrected chi connectivity index (χ2v) is 10.0. The van der Waals surface area contributed by atoms with Gasteiger partial charge in [-0.25, -0.2) is 9.78 Å². The smallest absolute Gasteiger partial charge is 0.326 e. The summed E-state index contributed by atoms with van der Waals surface area (Å²) in [6.45, 7) is 1.42. The molecule has 0 bridgehead atoms. The van der Waals surface area contributed by atoms with Crippen molar-refractivity contribution in [2.45, 2.75) is 50.4 Å². The molecule has 0 radical (unpaired) electrons. The maximum Gasteiger partial charge on any atom is 0.326 e. The number of H-pyrrole nitrogens is 2. The summed E-state index contributed by atoms with van der Waals surface area (Å²) in [6, 6.07) is 9.04. The van der Waals surface area contributed by atoms with Gasteiger partial charge in [0, 0.05) is 48.3 Å². The van der Waals surface area contributed by atoms with Crippen molar-refractivity contribution in [2.75, 3.05) is 0 Å². The average molecular weight is 576 g/mol. The molecule has 4 rings (SSSR count). The van der Waals surface area contributed by atoms with Crippen molar-refractivity contribution in [3.05, 3.63) is 84.1 Å². The summed E-state index contributed by atoms with van der Waals surface area (Å²) in [4.78, 5) is 61.0. The second-order valence-electron chi connectivity index (χ2n) is 10.0. The fourth-order valence-electron chi connectivity index (χ4n) is 4.48. The number of carbonyl (C=O) groups excluding carboxylic acids is 3. The van der Waals surface area contributed by atoms with Crippen LogP contribution in [0.4, 0.5) is 0 Å². The molecule has 4 atom stereocenters. The van der Waals surface area contributed by atoms with Crippen LogP contribution in [0.15, 0.2) is 67.3 Å². The number of carboxylic acids is 1. The van der Waals surface area contributed by atoms with Crippen molar-refractivity contribution in [3.63, 3.8) is 0 Å². The Hall–Kier alpha value is -5.17. The molecule has 4 aromatic rings. The lowest BCUT2D eigenvalue weighted by atomic mass is 10.0. The number of nitrogens with one attached hydrogen (secondary N) is 5. The minimum Gasteiger partial charge on any atom is -0.508 e. The summed E-state index contributed by atoms with van der Waals surface area (Å²) in [5, 5.41) is 27.9. The number of imidazole rings is 1. The minimum atomic E-state index is -1.25. The predicted octanol–water partition coefficient (Wildman–Crippen LogP) is 0.511. The number of hydrogen-bond acceptors (Lipinski definition) is 7. The van der Waals surface area contributed by atoms with Crippen LogP contribution in [0.3, 0.4) is 0 Å². The summed E-state index contributed by atoms with van der Waals surface area (Å²) in [5.74, 6) is -3.16. The number of carbonyl (C=O) groups is 4. The van der Waals surface area contributed by atoms with Gasteiger partial charge in [-0.2, -0.15) is 0 Å². The van der Waals surface area contributed by atoms with Crippen LogP contribution in [0.25, 0.3) is 10.9 Å². The summed E-state index contributed by atoms with van der Waals surface area (Å²) in [5.41, 5.74) is 8.89. The number of amides is 3. The molecule has 2 aromatic carbocycles. The summed E-state index contributed by atoms with van der Waals surface area (Å²) in [6.07, 6.45) is 4.93. The maximum absolute atomic E-state index is 13.3. The van der Waals surface area contributed by atoms with Gasteiger partial charge in [0.25, 0.3) is 0 Å². The van der Waals surface area contributed by atoms with Crippen molar-refractivity contribution in [1.29, 1.82) is 0 Å². The van der Waals surface area contributed by atoms with Gasteiger partial charge < -0.3 is 41.9 Å². The Morgan fingerprint density at radius 3 is 2.29 bits per heavy atom. The highest BCUT2D eigenvalue weighted by molar-refractivity contribution is 5.94. The third-order valence-corrected chi connectivity index (χ3v) is 6.81. The number of para-hydroxylation sites is 1. The van der Waals surface area contributed by atoms with E-state index in [1.165, 1.54) is 31.6 Å². The number of nitrogens with two attached hydrogens (primary N) is 1.